The van der Waals surface area contributed by atoms with Gasteiger partial charge in [0.15, 0.2) is 0 Å². The van der Waals surface area contributed by atoms with Crippen LogP contribution in [0.25, 0.3) is 10.9 Å². The molecule has 1 amide bonds. The highest BCUT2D eigenvalue weighted by Crippen LogP contribution is 2.17. The summed E-state index contributed by atoms with van der Waals surface area (Å²) < 4.78 is 1.53. The third-order valence-corrected chi connectivity index (χ3v) is 4.84. The largest absolute Gasteiger partial charge is 0.338 e. The average Bonchev–Trinajstić information content (AvgIpc) is 2.61. The van der Waals surface area contributed by atoms with Crippen LogP contribution >= 0.6 is 12.4 Å². The second-order valence-electron chi connectivity index (χ2n) is 6.44. The summed E-state index contributed by atoms with van der Waals surface area (Å²) in [4.78, 5) is 31.3. The number of likely N-dealkylation sites (tertiary alicyclic amines) is 1. The number of hydrogen-bond acceptors (Lipinski definition) is 4. The summed E-state index contributed by atoms with van der Waals surface area (Å²) in [7, 11) is 0. The number of benzene rings is 1. The Balaban J connectivity index is 0.00000225. The monoisotopic (exact) mass is 364 g/mol. The quantitative estimate of drug-likeness (QED) is 0.897. The van der Waals surface area contributed by atoms with Gasteiger partial charge in [0.05, 0.1) is 17.2 Å². The highest BCUT2D eigenvalue weighted by atomic mass is 35.5. The van der Waals surface area contributed by atoms with E-state index < -0.39 is 0 Å². The molecule has 1 atom stereocenters. The third-order valence-electron chi connectivity index (χ3n) is 4.84. The van der Waals surface area contributed by atoms with Crippen LogP contribution in [0.3, 0.4) is 0 Å². The van der Waals surface area contributed by atoms with Gasteiger partial charge in [-0.25, -0.2) is 4.98 Å². The summed E-state index contributed by atoms with van der Waals surface area (Å²) in [5.74, 6) is 0.0707. The van der Waals surface area contributed by atoms with E-state index in [2.05, 4.69) is 4.98 Å². The number of carbonyl (C=O) groups is 1. The summed E-state index contributed by atoms with van der Waals surface area (Å²) in [6.45, 7) is 3.56. The van der Waals surface area contributed by atoms with E-state index in [1.165, 1.54) is 4.57 Å². The molecule has 1 aromatic carbocycles. The summed E-state index contributed by atoms with van der Waals surface area (Å²) in [5, 5.41) is 0.600. The Labute approximate surface area is 153 Å². The lowest BCUT2D eigenvalue weighted by Crippen LogP contribution is -2.47. The molecule has 0 aliphatic carbocycles. The molecular formula is C18H25ClN4O2. The van der Waals surface area contributed by atoms with Gasteiger partial charge in [0.1, 0.15) is 0 Å². The first kappa shape index (κ1) is 19.4. The molecule has 0 spiro atoms. The van der Waals surface area contributed by atoms with E-state index in [-0.39, 0.29) is 29.9 Å². The molecule has 0 saturated carbocycles. The predicted octanol–water partition coefficient (Wildman–Crippen LogP) is 1.86. The molecule has 1 aromatic heterocycles. The summed E-state index contributed by atoms with van der Waals surface area (Å²) in [6.07, 6.45) is 4.97. The Morgan fingerprint density at radius 1 is 1.36 bits per heavy atom. The first-order chi connectivity index (χ1) is 11.6. The first-order valence-corrected chi connectivity index (χ1v) is 8.56. The molecule has 1 aliphatic heterocycles. The van der Waals surface area contributed by atoms with Crippen molar-refractivity contribution in [1.29, 1.82) is 0 Å². The minimum Gasteiger partial charge on any atom is -0.338 e. The fourth-order valence-electron chi connectivity index (χ4n) is 3.43. The van der Waals surface area contributed by atoms with Crippen molar-refractivity contribution in [2.45, 2.75) is 45.2 Å². The van der Waals surface area contributed by atoms with E-state index in [4.69, 9.17) is 5.73 Å². The van der Waals surface area contributed by atoms with Gasteiger partial charge in [-0.3, -0.25) is 14.2 Å². The van der Waals surface area contributed by atoms with Crippen molar-refractivity contribution < 1.29 is 4.79 Å². The maximum absolute atomic E-state index is 12.6. The van der Waals surface area contributed by atoms with Gasteiger partial charge in [-0.1, -0.05) is 12.1 Å². The summed E-state index contributed by atoms with van der Waals surface area (Å²) in [6, 6.07) is 5.72. The van der Waals surface area contributed by atoms with Crippen LogP contribution in [0.15, 0.2) is 29.3 Å². The van der Waals surface area contributed by atoms with E-state index in [1.807, 2.05) is 24.0 Å². The van der Waals surface area contributed by atoms with Crippen LogP contribution in [0.5, 0.6) is 0 Å². The number of aryl methyl sites for hydroxylation is 2. The second-order valence-corrected chi connectivity index (χ2v) is 6.44. The number of hydrogen-bond donors (Lipinski definition) is 1. The first-order valence-electron chi connectivity index (χ1n) is 8.56. The fourth-order valence-corrected chi connectivity index (χ4v) is 3.43. The number of amides is 1. The normalized spacial score (nSPS) is 17.4. The van der Waals surface area contributed by atoms with Crippen LogP contribution < -0.4 is 11.3 Å². The molecular weight excluding hydrogens is 340 g/mol. The molecule has 1 saturated heterocycles. The molecule has 136 valence electrons. The lowest BCUT2D eigenvalue weighted by atomic mass is 10.0. The maximum atomic E-state index is 12.6. The SMILES string of the molecule is Cc1cccc2c(=O)n(CCC(=O)N3CCCCC3CN)cnc12.Cl. The predicted molar refractivity (Wildman–Crippen MR) is 101 cm³/mol. The van der Waals surface area contributed by atoms with Gasteiger partial charge in [-0.2, -0.15) is 0 Å². The zero-order valence-corrected chi connectivity index (χ0v) is 15.3. The number of piperidine rings is 1. The van der Waals surface area contributed by atoms with Crippen molar-refractivity contribution in [3.05, 3.63) is 40.4 Å². The van der Waals surface area contributed by atoms with Crippen molar-refractivity contribution in [3.8, 4) is 0 Å². The molecule has 2 heterocycles. The van der Waals surface area contributed by atoms with Crippen LogP contribution in [-0.4, -0.2) is 39.5 Å². The second kappa shape index (κ2) is 8.45. The zero-order chi connectivity index (χ0) is 17.1. The van der Waals surface area contributed by atoms with Crippen LogP contribution in [0, 0.1) is 6.92 Å². The summed E-state index contributed by atoms with van der Waals surface area (Å²) >= 11 is 0. The molecule has 0 radical (unpaired) electrons. The lowest BCUT2D eigenvalue weighted by Gasteiger charge is -2.35. The number of fused-ring (bicyclic) bond motifs is 1. The number of halogens is 1. The highest BCUT2D eigenvalue weighted by molar-refractivity contribution is 5.85. The molecule has 6 nitrogen and oxygen atoms in total. The minimum absolute atomic E-state index is 0. The van der Waals surface area contributed by atoms with Gasteiger partial charge < -0.3 is 10.6 Å². The Kier molecular flexibility index (Phi) is 6.56. The van der Waals surface area contributed by atoms with Crippen molar-refractivity contribution in [3.63, 3.8) is 0 Å². The van der Waals surface area contributed by atoms with E-state index >= 15 is 0 Å². The van der Waals surface area contributed by atoms with Crippen molar-refractivity contribution in [1.82, 2.24) is 14.5 Å². The molecule has 7 heteroatoms. The standard InChI is InChI=1S/C18H24N4O2.ClH/c1-13-5-4-7-15-17(13)20-12-21(18(15)24)10-8-16(23)22-9-3-2-6-14(22)11-19;/h4-5,7,12,14H,2-3,6,8-11,19H2,1H3;1H. The number of carbonyl (C=O) groups excluding carboxylic acids is 1. The van der Waals surface area contributed by atoms with Gasteiger partial charge in [-0.15, -0.1) is 12.4 Å². The lowest BCUT2D eigenvalue weighted by molar-refractivity contribution is -0.134. The molecule has 1 fully saturated rings. The number of nitrogens with two attached hydrogens (primary N) is 1. The zero-order valence-electron chi connectivity index (χ0n) is 14.5. The minimum atomic E-state index is -0.0921. The fraction of sp³-hybridized carbons (Fsp3) is 0.500. The molecule has 2 N–H and O–H groups in total. The topological polar surface area (TPSA) is 81.2 Å². The average molecular weight is 365 g/mol. The van der Waals surface area contributed by atoms with Gasteiger partial charge >= 0.3 is 0 Å². The van der Waals surface area contributed by atoms with E-state index in [0.717, 1.165) is 36.9 Å². The number of aromatic nitrogens is 2. The Morgan fingerprint density at radius 2 is 2.16 bits per heavy atom. The van der Waals surface area contributed by atoms with Crippen LogP contribution in [-0.2, 0) is 11.3 Å². The van der Waals surface area contributed by atoms with Crippen molar-refractivity contribution >= 4 is 29.2 Å². The van der Waals surface area contributed by atoms with Crippen molar-refractivity contribution in [2.75, 3.05) is 13.1 Å². The van der Waals surface area contributed by atoms with E-state index in [1.54, 1.807) is 12.4 Å². The van der Waals surface area contributed by atoms with Gasteiger partial charge in [0.25, 0.3) is 5.56 Å². The molecule has 1 aliphatic rings. The Morgan fingerprint density at radius 3 is 2.92 bits per heavy atom. The molecule has 2 aromatic rings. The highest BCUT2D eigenvalue weighted by Gasteiger charge is 2.25. The Hall–Kier alpha value is -1.92. The number of nitrogens with zero attached hydrogens (tertiary/aromatic N) is 3. The summed E-state index contributed by atoms with van der Waals surface area (Å²) in [5.41, 5.74) is 7.39. The van der Waals surface area contributed by atoms with Crippen LogP contribution in [0.4, 0.5) is 0 Å². The molecule has 1 unspecified atom stereocenters. The maximum Gasteiger partial charge on any atom is 0.261 e. The van der Waals surface area contributed by atoms with Gasteiger partial charge in [0.2, 0.25) is 5.91 Å². The molecule has 25 heavy (non-hydrogen) atoms. The van der Waals surface area contributed by atoms with Gasteiger partial charge in [-0.05, 0) is 37.8 Å². The van der Waals surface area contributed by atoms with Crippen LogP contribution in [0.2, 0.25) is 0 Å². The molecule has 3 rings (SSSR count). The van der Waals surface area contributed by atoms with Crippen LogP contribution in [0.1, 0.15) is 31.2 Å². The smallest absolute Gasteiger partial charge is 0.261 e. The van der Waals surface area contributed by atoms with Crippen molar-refractivity contribution in [2.24, 2.45) is 5.73 Å². The van der Waals surface area contributed by atoms with Gasteiger partial charge in [0, 0.05) is 32.1 Å². The van der Waals surface area contributed by atoms with E-state index in [9.17, 15) is 9.59 Å². The Bertz CT molecular complexity index is 805. The van der Waals surface area contributed by atoms with E-state index in [0.29, 0.717) is 24.9 Å². The molecule has 0 bridgehead atoms. The number of rotatable bonds is 4. The number of para-hydroxylation sites is 1. The third kappa shape index (κ3) is 4.02.